The minimum atomic E-state index is -0.565. The lowest BCUT2D eigenvalue weighted by atomic mass is 10.1. The number of nitrogens with one attached hydrogen (secondary N) is 1. The van der Waals surface area contributed by atoms with Crippen LogP contribution in [0.25, 0.3) is 0 Å². The SMILES string of the molecule is CC1C2CCCNC12.NC(=O)c1cc(C2COC2)on1. The topological polar surface area (TPSA) is 90.4 Å². The molecule has 3 fully saturated rings. The van der Waals surface area contributed by atoms with Crippen molar-refractivity contribution in [2.45, 2.75) is 31.7 Å². The van der Waals surface area contributed by atoms with Gasteiger partial charge in [0.25, 0.3) is 5.91 Å². The van der Waals surface area contributed by atoms with Gasteiger partial charge in [-0.25, -0.2) is 0 Å². The third kappa shape index (κ3) is 2.71. The summed E-state index contributed by atoms with van der Waals surface area (Å²) < 4.78 is 9.85. The highest BCUT2D eigenvalue weighted by atomic mass is 16.5. The summed E-state index contributed by atoms with van der Waals surface area (Å²) in [5.41, 5.74) is 5.17. The van der Waals surface area contributed by atoms with Crippen LogP contribution < -0.4 is 11.1 Å². The van der Waals surface area contributed by atoms with Crippen molar-refractivity contribution < 1.29 is 14.1 Å². The summed E-state index contributed by atoms with van der Waals surface area (Å²) in [6.07, 6.45) is 2.89. The van der Waals surface area contributed by atoms with Gasteiger partial charge in [0.1, 0.15) is 5.76 Å². The maximum Gasteiger partial charge on any atom is 0.270 e. The lowest BCUT2D eigenvalue weighted by Gasteiger charge is -2.22. The summed E-state index contributed by atoms with van der Waals surface area (Å²) in [4.78, 5) is 10.6. The quantitative estimate of drug-likeness (QED) is 0.839. The Morgan fingerprint density at radius 2 is 2.30 bits per heavy atom. The molecule has 0 spiro atoms. The minimum absolute atomic E-state index is 0.178. The molecule has 0 aromatic carbocycles. The van der Waals surface area contributed by atoms with Crippen molar-refractivity contribution in [2.24, 2.45) is 17.6 Å². The Kier molecular flexibility index (Phi) is 3.76. The summed E-state index contributed by atoms with van der Waals surface area (Å²) in [7, 11) is 0. The van der Waals surface area contributed by atoms with E-state index in [2.05, 4.69) is 17.4 Å². The van der Waals surface area contributed by atoms with Crippen LogP contribution in [0, 0.1) is 11.8 Å². The van der Waals surface area contributed by atoms with E-state index >= 15 is 0 Å². The number of primary amides is 1. The zero-order valence-corrected chi connectivity index (χ0v) is 11.7. The van der Waals surface area contributed by atoms with Gasteiger partial charge in [0.05, 0.1) is 19.1 Å². The third-order valence-electron chi connectivity index (χ3n) is 4.48. The zero-order valence-electron chi connectivity index (χ0n) is 11.7. The Morgan fingerprint density at radius 3 is 2.75 bits per heavy atom. The highest BCUT2D eigenvalue weighted by Gasteiger charge is 2.47. The van der Waals surface area contributed by atoms with E-state index < -0.39 is 5.91 Å². The number of aromatic nitrogens is 1. The molecule has 1 amide bonds. The number of ether oxygens (including phenoxy) is 1. The van der Waals surface area contributed by atoms with Gasteiger partial charge >= 0.3 is 0 Å². The lowest BCUT2D eigenvalue weighted by molar-refractivity contribution is -0.00228. The predicted molar refractivity (Wildman–Crippen MR) is 72.3 cm³/mol. The van der Waals surface area contributed by atoms with Crippen molar-refractivity contribution in [3.63, 3.8) is 0 Å². The van der Waals surface area contributed by atoms with E-state index in [4.69, 9.17) is 15.0 Å². The molecule has 6 nitrogen and oxygen atoms in total. The number of carbonyl (C=O) groups excluding carboxylic acids is 1. The number of amides is 1. The van der Waals surface area contributed by atoms with Crippen LogP contribution in [0.2, 0.25) is 0 Å². The lowest BCUT2D eigenvalue weighted by Crippen LogP contribution is -2.24. The third-order valence-corrected chi connectivity index (χ3v) is 4.48. The molecule has 3 atom stereocenters. The van der Waals surface area contributed by atoms with E-state index in [0.717, 1.165) is 17.9 Å². The number of carbonyl (C=O) groups is 1. The molecule has 1 saturated carbocycles. The molecule has 4 rings (SSSR count). The molecule has 6 heteroatoms. The van der Waals surface area contributed by atoms with Crippen molar-refractivity contribution in [1.82, 2.24) is 10.5 Å². The summed E-state index contributed by atoms with van der Waals surface area (Å²) in [5.74, 6) is 2.41. The first-order valence-electron chi connectivity index (χ1n) is 7.24. The van der Waals surface area contributed by atoms with Crippen LogP contribution >= 0.6 is 0 Å². The molecule has 0 radical (unpaired) electrons. The molecule has 2 saturated heterocycles. The minimum Gasteiger partial charge on any atom is -0.380 e. The van der Waals surface area contributed by atoms with Crippen molar-refractivity contribution >= 4 is 5.91 Å². The van der Waals surface area contributed by atoms with Crippen LogP contribution in [0.4, 0.5) is 0 Å². The zero-order chi connectivity index (χ0) is 14.1. The number of nitrogens with two attached hydrogens (primary N) is 1. The number of hydrogen-bond acceptors (Lipinski definition) is 5. The Hall–Kier alpha value is -1.40. The van der Waals surface area contributed by atoms with E-state index in [-0.39, 0.29) is 11.6 Å². The van der Waals surface area contributed by atoms with Crippen LogP contribution in [0.1, 0.15) is 41.9 Å². The van der Waals surface area contributed by atoms with Gasteiger partial charge in [0.2, 0.25) is 0 Å². The first kappa shape index (κ1) is 13.6. The van der Waals surface area contributed by atoms with Gasteiger partial charge in [-0.3, -0.25) is 4.79 Å². The van der Waals surface area contributed by atoms with E-state index in [0.29, 0.717) is 19.0 Å². The molecule has 110 valence electrons. The van der Waals surface area contributed by atoms with Gasteiger partial charge in [0.15, 0.2) is 5.69 Å². The van der Waals surface area contributed by atoms with Gasteiger partial charge in [0, 0.05) is 12.1 Å². The predicted octanol–water partition coefficient (Wildman–Crippen LogP) is 0.892. The van der Waals surface area contributed by atoms with E-state index in [1.165, 1.54) is 19.4 Å². The van der Waals surface area contributed by atoms with Gasteiger partial charge in [-0.2, -0.15) is 0 Å². The molecule has 3 heterocycles. The summed E-state index contributed by atoms with van der Waals surface area (Å²) >= 11 is 0. The smallest absolute Gasteiger partial charge is 0.270 e. The normalized spacial score (nSPS) is 31.6. The molecule has 3 unspecified atom stereocenters. The van der Waals surface area contributed by atoms with Gasteiger partial charge < -0.3 is 20.3 Å². The second-order valence-corrected chi connectivity index (χ2v) is 5.86. The van der Waals surface area contributed by atoms with Crippen LogP contribution in [0.15, 0.2) is 10.6 Å². The van der Waals surface area contributed by atoms with E-state index in [9.17, 15) is 4.79 Å². The number of hydrogen-bond donors (Lipinski definition) is 2. The fourth-order valence-corrected chi connectivity index (χ4v) is 2.93. The summed E-state index contributed by atoms with van der Waals surface area (Å²) in [6, 6.07) is 2.49. The van der Waals surface area contributed by atoms with Crippen LogP contribution in [-0.2, 0) is 4.74 Å². The number of piperidine rings is 1. The first-order valence-corrected chi connectivity index (χ1v) is 7.24. The average molecular weight is 279 g/mol. The maximum atomic E-state index is 10.6. The fourth-order valence-electron chi connectivity index (χ4n) is 2.93. The first-order chi connectivity index (χ1) is 9.66. The monoisotopic (exact) mass is 279 g/mol. The highest BCUT2D eigenvalue weighted by Crippen LogP contribution is 2.43. The van der Waals surface area contributed by atoms with Gasteiger partial charge in [-0.15, -0.1) is 0 Å². The number of nitrogens with zero attached hydrogens (tertiary/aromatic N) is 1. The fraction of sp³-hybridized carbons (Fsp3) is 0.714. The molecule has 20 heavy (non-hydrogen) atoms. The van der Waals surface area contributed by atoms with Crippen molar-refractivity contribution in [3.8, 4) is 0 Å². The Balaban J connectivity index is 0.000000131. The summed E-state index contributed by atoms with van der Waals surface area (Å²) in [5, 5.41) is 7.02. The molecular weight excluding hydrogens is 258 g/mol. The van der Waals surface area contributed by atoms with Crippen LogP contribution in [0.3, 0.4) is 0 Å². The molecule has 2 aliphatic heterocycles. The largest absolute Gasteiger partial charge is 0.380 e. The van der Waals surface area contributed by atoms with Crippen molar-refractivity contribution in [1.29, 1.82) is 0 Å². The maximum absolute atomic E-state index is 10.6. The average Bonchev–Trinajstić information content (AvgIpc) is 2.84. The molecule has 1 aromatic heterocycles. The molecule has 0 bridgehead atoms. The van der Waals surface area contributed by atoms with Crippen LogP contribution in [0.5, 0.6) is 0 Å². The molecule has 1 aromatic rings. The Bertz CT molecular complexity index is 472. The molecule has 1 aliphatic carbocycles. The Labute approximate surface area is 118 Å². The molecule has 3 N–H and O–H groups in total. The van der Waals surface area contributed by atoms with E-state index in [1.54, 1.807) is 6.07 Å². The number of fused-ring (bicyclic) bond motifs is 1. The number of rotatable bonds is 2. The Morgan fingerprint density at radius 1 is 1.50 bits per heavy atom. The van der Waals surface area contributed by atoms with Gasteiger partial charge in [-0.1, -0.05) is 12.1 Å². The standard InChI is InChI=1S/C7H8N2O3.C7H13N/c8-7(10)5-1-6(12-9-5)4-2-11-3-4;1-5-6-3-2-4-8-7(5)6/h1,4H,2-3H2,(H2,8,10);5-8H,2-4H2,1H3. The molecular formula is C14H21N3O3. The van der Waals surface area contributed by atoms with Crippen molar-refractivity contribution in [3.05, 3.63) is 17.5 Å². The summed E-state index contributed by atoms with van der Waals surface area (Å²) in [6.45, 7) is 4.89. The van der Waals surface area contributed by atoms with Crippen molar-refractivity contribution in [2.75, 3.05) is 19.8 Å². The highest BCUT2D eigenvalue weighted by molar-refractivity contribution is 5.90. The van der Waals surface area contributed by atoms with E-state index in [1.807, 2.05) is 0 Å². The van der Waals surface area contributed by atoms with Crippen LogP contribution in [-0.4, -0.2) is 36.9 Å². The second kappa shape index (κ2) is 5.54. The van der Waals surface area contributed by atoms with Gasteiger partial charge in [-0.05, 0) is 31.2 Å². The second-order valence-electron chi connectivity index (χ2n) is 5.86. The molecule has 3 aliphatic rings.